The highest BCUT2D eigenvalue weighted by atomic mass is 32.2. The molecule has 31 heavy (non-hydrogen) atoms. The Bertz CT molecular complexity index is 1040. The molecule has 1 amide bonds. The van der Waals surface area contributed by atoms with Crippen LogP contribution in [-0.4, -0.2) is 40.8 Å². The predicted octanol–water partition coefficient (Wildman–Crippen LogP) is 3.74. The van der Waals surface area contributed by atoms with Gasteiger partial charge in [-0.3, -0.25) is 9.10 Å². The summed E-state index contributed by atoms with van der Waals surface area (Å²) in [5, 5.41) is 2.98. The molecule has 0 bridgehead atoms. The van der Waals surface area contributed by atoms with Gasteiger partial charge in [0.25, 0.3) is 0 Å². The molecule has 0 heterocycles. The zero-order valence-electron chi connectivity index (χ0n) is 19.2. The highest BCUT2D eigenvalue weighted by Gasteiger charge is 2.30. The number of sulfonamides is 1. The molecule has 0 aliphatic rings. The maximum Gasteiger partial charge on any atom is 0.244 e. The third kappa shape index (κ3) is 5.70. The fraction of sp³-hybridized carbons (Fsp3) is 0.435. The summed E-state index contributed by atoms with van der Waals surface area (Å²) in [6.07, 6.45) is 1.73. The molecule has 0 aliphatic heterocycles. The molecule has 2 aromatic rings. The molecule has 0 radical (unpaired) electrons. The van der Waals surface area contributed by atoms with Crippen LogP contribution in [0.15, 0.2) is 36.4 Å². The normalized spacial score (nSPS) is 13.3. The number of benzene rings is 2. The summed E-state index contributed by atoms with van der Waals surface area (Å²) in [4.78, 5) is 13.1. The van der Waals surface area contributed by atoms with Crippen molar-refractivity contribution in [3.63, 3.8) is 0 Å². The van der Waals surface area contributed by atoms with E-state index >= 15 is 0 Å². The van der Waals surface area contributed by atoms with Crippen LogP contribution in [0.2, 0.25) is 0 Å². The van der Waals surface area contributed by atoms with Crippen molar-refractivity contribution in [3.8, 4) is 11.5 Å². The van der Waals surface area contributed by atoms with Gasteiger partial charge >= 0.3 is 0 Å². The molecule has 0 fully saturated rings. The number of nitrogens with one attached hydrogen (secondary N) is 1. The van der Waals surface area contributed by atoms with Gasteiger partial charge in [-0.05, 0) is 68.1 Å². The van der Waals surface area contributed by atoms with Crippen LogP contribution in [0, 0.1) is 13.8 Å². The number of aryl methyl sites for hydroxylation is 2. The fourth-order valence-corrected chi connectivity index (χ4v) is 4.62. The molecular weight excluding hydrogens is 416 g/mol. The molecule has 0 aliphatic carbocycles. The molecule has 7 nitrogen and oxygen atoms in total. The Balaban J connectivity index is 2.33. The third-order valence-corrected chi connectivity index (χ3v) is 6.61. The van der Waals surface area contributed by atoms with E-state index in [0.717, 1.165) is 27.3 Å². The van der Waals surface area contributed by atoms with E-state index in [1.165, 1.54) is 0 Å². The Morgan fingerprint density at radius 1 is 1.03 bits per heavy atom. The summed E-state index contributed by atoms with van der Waals surface area (Å²) in [6, 6.07) is 9.58. The van der Waals surface area contributed by atoms with Crippen molar-refractivity contribution in [2.24, 2.45) is 0 Å². The van der Waals surface area contributed by atoms with E-state index in [4.69, 9.17) is 9.47 Å². The van der Waals surface area contributed by atoms with Crippen molar-refractivity contribution in [1.82, 2.24) is 5.32 Å². The number of ether oxygens (including phenoxy) is 2. The third-order valence-electron chi connectivity index (χ3n) is 5.37. The number of carbonyl (C=O) groups is 1. The van der Waals surface area contributed by atoms with Gasteiger partial charge in [-0.15, -0.1) is 0 Å². The summed E-state index contributed by atoms with van der Waals surface area (Å²) in [7, 11) is -0.570. The molecule has 8 heteroatoms. The predicted molar refractivity (Wildman–Crippen MR) is 123 cm³/mol. The Morgan fingerprint density at radius 2 is 1.68 bits per heavy atom. The summed E-state index contributed by atoms with van der Waals surface area (Å²) in [6.45, 7) is 7.40. The van der Waals surface area contributed by atoms with Gasteiger partial charge in [0.15, 0.2) is 11.5 Å². The number of rotatable bonds is 9. The second-order valence-corrected chi connectivity index (χ2v) is 9.45. The van der Waals surface area contributed by atoms with Crippen LogP contribution in [0.3, 0.4) is 0 Å². The Morgan fingerprint density at radius 3 is 2.19 bits per heavy atom. The van der Waals surface area contributed by atoms with Crippen molar-refractivity contribution in [1.29, 1.82) is 0 Å². The van der Waals surface area contributed by atoms with Gasteiger partial charge in [0.1, 0.15) is 6.04 Å². The van der Waals surface area contributed by atoms with E-state index in [1.807, 2.05) is 39.0 Å². The molecular formula is C23H32N2O5S. The van der Waals surface area contributed by atoms with E-state index in [0.29, 0.717) is 23.6 Å². The van der Waals surface area contributed by atoms with Crippen molar-refractivity contribution >= 4 is 21.6 Å². The molecule has 2 aromatic carbocycles. The summed E-state index contributed by atoms with van der Waals surface area (Å²) in [5.41, 5.74) is 3.31. The lowest BCUT2D eigenvalue weighted by Gasteiger charge is -2.30. The average molecular weight is 449 g/mol. The molecule has 0 spiro atoms. The zero-order valence-corrected chi connectivity index (χ0v) is 20.0. The van der Waals surface area contributed by atoms with Crippen LogP contribution >= 0.6 is 0 Å². The molecule has 2 rings (SSSR count). The minimum atomic E-state index is -3.68. The Labute approximate surface area is 185 Å². The first-order valence-electron chi connectivity index (χ1n) is 10.1. The fourth-order valence-electron chi connectivity index (χ4n) is 3.45. The lowest BCUT2D eigenvalue weighted by Crippen LogP contribution is -2.48. The van der Waals surface area contributed by atoms with Gasteiger partial charge in [0.2, 0.25) is 15.9 Å². The summed E-state index contributed by atoms with van der Waals surface area (Å²) >= 11 is 0. The zero-order chi connectivity index (χ0) is 23.3. The van der Waals surface area contributed by atoms with E-state index in [9.17, 15) is 13.2 Å². The lowest BCUT2D eigenvalue weighted by atomic mass is 10.0. The van der Waals surface area contributed by atoms with Crippen molar-refractivity contribution < 1.29 is 22.7 Å². The number of carbonyl (C=O) groups excluding carboxylic acids is 1. The first-order valence-corrected chi connectivity index (χ1v) is 12.0. The minimum Gasteiger partial charge on any atom is -0.493 e. The molecule has 1 N–H and O–H groups in total. The van der Waals surface area contributed by atoms with Gasteiger partial charge in [0, 0.05) is 0 Å². The number of hydrogen-bond acceptors (Lipinski definition) is 5. The van der Waals surface area contributed by atoms with Crippen LogP contribution in [-0.2, 0) is 14.8 Å². The van der Waals surface area contributed by atoms with E-state index in [2.05, 4.69) is 5.32 Å². The monoisotopic (exact) mass is 448 g/mol. The number of methoxy groups -OCH3 is 2. The highest BCUT2D eigenvalue weighted by Crippen LogP contribution is 2.31. The molecule has 0 aromatic heterocycles. The maximum atomic E-state index is 13.1. The topological polar surface area (TPSA) is 84.9 Å². The van der Waals surface area contributed by atoms with E-state index in [1.54, 1.807) is 39.3 Å². The summed E-state index contributed by atoms with van der Waals surface area (Å²) in [5.74, 6) is 0.776. The van der Waals surface area contributed by atoms with Gasteiger partial charge in [-0.2, -0.15) is 0 Å². The Hall–Kier alpha value is -2.74. The van der Waals surface area contributed by atoms with E-state index < -0.39 is 16.1 Å². The standard InChI is InChI=1S/C23H32N2O5S/c1-8-20(18-10-12-21(29-5)22(14-18)30-6)24-23(26)17(4)25(31(7,27)28)19-11-9-15(2)16(3)13-19/h9-14,17,20H,8H2,1-7H3,(H,24,26)/t17-,20-/m0/s1. The minimum absolute atomic E-state index is 0.309. The molecule has 170 valence electrons. The van der Waals surface area contributed by atoms with Crippen LogP contribution in [0.1, 0.15) is 43.0 Å². The van der Waals surface area contributed by atoms with Gasteiger partial charge in [-0.1, -0.05) is 19.1 Å². The first-order chi connectivity index (χ1) is 14.5. The second kappa shape index (κ2) is 10.0. The second-order valence-electron chi connectivity index (χ2n) is 7.59. The summed E-state index contributed by atoms with van der Waals surface area (Å²) < 4.78 is 36.9. The number of amides is 1. The number of hydrogen-bond donors (Lipinski definition) is 1. The Kier molecular flexibility index (Phi) is 7.95. The maximum absolute atomic E-state index is 13.1. The number of nitrogens with zero attached hydrogens (tertiary/aromatic N) is 1. The van der Waals surface area contributed by atoms with Crippen molar-refractivity contribution in [2.45, 2.75) is 46.2 Å². The lowest BCUT2D eigenvalue weighted by molar-refractivity contribution is -0.122. The van der Waals surface area contributed by atoms with Gasteiger partial charge < -0.3 is 14.8 Å². The smallest absolute Gasteiger partial charge is 0.244 e. The quantitative estimate of drug-likeness (QED) is 0.632. The first kappa shape index (κ1) is 24.5. The van der Waals surface area contributed by atoms with Crippen molar-refractivity contribution in [2.75, 3.05) is 24.8 Å². The van der Waals surface area contributed by atoms with Crippen LogP contribution in [0.4, 0.5) is 5.69 Å². The molecule has 2 atom stereocenters. The molecule has 0 saturated carbocycles. The van der Waals surface area contributed by atoms with Crippen molar-refractivity contribution in [3.05, 3.63) is 53.1 Å². The SMILES string of the molecule is CC[C@H](NC(=O)[C@H](C)N(c1ccc(C)c(C)c1)S(C)(=O)=O)c1ccc(OC)c(OC)c1. The number of anilines is 1. The van der Waals surface area contributed by atoms with Gasteiger partial charge in [-0.25, -0.2) is 8.42 Å². The van der Waals surface area contributed by atoms with Gasteiger partial charge in [0.05, 0.1) is 32.2 Å². The molecule has 0 unspecified atom stereocenters. The molecule has 0 saturated heterocycles. The average Bonchev–Trinajstić information content (AvgIpc) is 2.72. The van der Waals surface area contributed by atoms with Crippen LogP contribution in [0.5, 0.6) is 11.5 Å². The van der Waals surface area contributed by atoms with E-state index in [-0.39, 0.29) is 11.9 Å². The van der Waals surface area contributed by atoms with Crippen LogP contribution < -0.4 is 19.1 Å². The highest BCUT2D eigenvalue weighted by molar-refractivity contribution is 7.92. The largest absolute Gasteiger partial charge is 0.493 e. The van der Waals surface area contributed by atoms with Crippen LogP contribution in [0.25, 0.3) is 0 Å².